The smallest absolute Gasteiger partial charge is 0.323 e. The highest BCUT2D eigenvalue weighted by molar-refractivity contribution is 5.75. The first-order valence-electron chi connectivity index (χ1n) is 6.25. The molecule has 1 saturated heterocycles. The lowest BCUT2D eigenvalue weighted by Crippen LogP contribution is -2.38. The predicted octanol–water partition coefficient (Wildman–Crippen LogP) is 1.80. The molecule has 1 heterocycles. The summed E-state index contributed by atoms with van der Waals surface area (Å²) in [7, 11) is 1.43. The third-order valence-electron chi connectivity index (χ3n) is 3.21. The molecule has 0 N–H and O–H groups in total. The molecule has 4 heteroatoms. The maximum Gasteiger partial charge on any atom is 0.323 e. The Kier molecular flexibility index (Phi) is 4.73. The Balaban J connectivity index is 1.78. The average molecular weight is 249 g/mol. The van der Waals surface area contributed by atoms with E-state index in [1.54, 1.807) is 0 Å². The summed E-state index contributed by atoms with van der Waals surface area (Å²) < 4.78 is 10.4. The second kappa shape index (κ2) is 6.52. The zero-order valence-corrected chi connectivity index (χ0v) is 10.7. The molecule has 1 unspecified atom stereocenters. The molecule has 0 bridgehead atoms. The molecule has 1 fully saturated rings. The predicted molar refractivity (Wildman–Crippen MR) is 67.8 cm³/mol. The zero-order valence-electron chi connectivity index (χ0n) is 10.7. The number of methoxy groups -OCH3 is 1. The van der Waals surface area contributed by atoms with Crippen LogP contribution in [0.4, 0.5) is 0 Å². The first-order valence-corrected chi connectivity index (χ1v) is 6.25. The van der Waals surface area contributed by atoms with Gasteiger partial charge in [0.1, 0.15) is 12.8 Å². The monoisotopic (exact) mass is 249 g/mol. The van der Waals surface area contributed by atoms with E-state index >= 15 is 0 Å². The topological polar surface area (TPSA) is 38.8 Å². The van der Waals surface area contributed by atoms with Crippen molar-refractivity contribution in [2.75, 3.05) is 20.4 Å². The van der Waals surface area contributed by atoms with E-state index in [0.717, 1.165) is 24.9 Å². The molecule has 0 aliphatic carbocycles. The Morgan fingerprint density at radius 1 is 1.39 bits per heavy atom. The number of benzene rings is 1. The number of hydrogen-bond acceptors (Lipinski definition) is 4. The molecular weight excluding hydrogens is 230 g/mol. The minimum atomic E-state index is -0.157. The molecule has 1 aliphatic heterocycles. The summed E-state index contributed by atoms with van der Waals surface area (Å²) in [6.07, 6.45) is 1.88. The van der Waals surface area contributed by atoms with Crippen LogP contribution >= 0.6 is 0 Å². The van der Waals surface area contributed by atoms with E-state index in [-0.39, 0.29) is 12.0 Å². The molecule has 18 heavy (non-hydrogen) atoms. The maximum atomic E-state index is 11.5. The molecule has 2 rings (SSSR count). The van der Waals surface area contributed by atoms with Gasteiger partial charge in [-0.3, -0.25) is 9.69 Å². The largest absolute Gasteiger partial charge is 0.468 e. The summed E-state index contributed by atoms with van der Waals surface area (Å²) in [6.45, 7) is 1.95. The number of hydrogen-bond donors (Lipinski definition) is 0. The van der Waals surface area contributed by atoms with Gasteiger partial charge in [-0.05, 0) is 18.4 Å². The molecule has 1 aromatic carbocycles. The lowest BCUT2D eigenvalue weighted by molar-refractivity contribution is -0.148. The Morgan fingerprint density at radius 3 is 2.89 bits per heavy atom. The Labute approximate surface area is 107 Å². The number of nitrogens with zero attached hydrogens (tertiary/aromatic N) is 1. The molecule has 0 amide bonds. The van der Waals surface area contributed by atoms with E-state index in [1.165, 1.54) is 7.11 Å². The molecule has 0 aromatic heterocycles. The lowest BCUT2D eigenvalue weighted by atomic mass is 10.2. The van der Waals surface area contributed by atoms with Gasteiger partial charge in [0.05, 0.1) is 13.7 Å². The summed E-state index contributed by atoms with van der Waals surface area (Å²) in [5.74, 6) is -0.157. The zero-order chi connectivity index (χ0) is 12.8. The number of carbonyl (C=O) groups is 1. The molecule has 0 radical (unpaired) electrons. The van der Waals surface area contributed by atoms with Crippen molar-refractivity contribution in [2.24, 2.45) is 0 Å². The SMILES string of the molecule is COC(=O)C1CCCN1COCc1ccccc1. The van der Waals surface area contributed by atoms with Crippen LogP contribution < -0.4 is 0 Å². The van der Waals surface area contributed by atoms with Gasteiger partial charge in [0, 0.05) is 6.54 Å². The first-order chi connectivity index (χ1) is 8.81. The third kappa shape index (κ3) is 3.31. The summed E-state index contributed by atoms with van der Waals surface area (Å²) in [6, 6.07) is 9.89. The van der Waals surface area contributed by atoms with Crippen molar-refractivity contribution in [2.45, 2.75) is 25.5 Å². The Bertz CT molecular complexity index is 380. The second-order valence-electron chi connectivity index (χ2n) is 4.46. The molecule has 4 nitrogen and oxygen atoms in total. The van der Waals surface area contributed by atoms with Gasteiger partial charge in [-0.15, -0.1) is 0 Å². The minimum absolute atomic E-state index is 0.134. The van der Waals surface area contributed by atoms with Crippen molar-refractivity contribution < 1.29 is 14.3 Å². The van der Waals surface area contributed by atoms with Gasteiger partial charge < -0.3 is 9.47 Å². The van der Waals surface area contributed by atoms with E-state index < -0.39 is 0 Å². The van der Waals surface area contributed by atoms with Gasteiger partial charge in [0.25, 0.3) is 0 Å². The highest BCUT2D eigenvalue weighted by Crippen LogP contribution is 2.18. The maximum absolute atomic E-state index is 11.5. The highest BCUT2D eigenvalue weighted by Gasteiger charge is 2.31. The summed E-state index contributed by atoms with van der Waals surface area (Å²) in [4.78, 5) is 13.6. The van der Waals surface area contributed by atoms with Crippen LogP contribution in [0.3, 0.4) is 0 Å². The first kappa shape index (κ1) is 13.1. The lowest BCUT2D eigenvalue weighted by Gasteiger charge is -2.21. The van der Waals surface area contributed by atoms with Crippen LogP contribution in [-0.2, 0) is 20.9 Å². The van der Waals surface area contributed by atoms with Crippen molar-refractivity contribution in [1.29, 1.82) is 0 Å². The standard InChI is InChI=1S/C14H19NO3/c1-17-14(16)13-8-5-9-15(13)11-18-10-12-6-3-2-4-7-12/h2-4,6-7,13H,5,8-11H2,1H3. The number of ether oxygens (including phenoxy) is 2. The van der Waals surface area contributed by atoms with Gasteiger partial charge in [-0.1, -0.05) is 30.3 Å². The molecule has 0 spiro atoms. The minimum Gasteiger partial charge on any atom is -0.468 e. The fraction of sp³-hybridized carbons (Fsp3) is 0.500. The van der Waals surface area contributed by atoms with Crippen LogP contribution in [0.25, 0.3) is 0 Å². The fourth-order valence-corrected chi connectivity index (χ4v) is 2.24. The normalized spacial score (nSPS) is 19.9. The molecule has 0 saturated carbocycles. The van der Waals surface area contributed by atoms with Crippen LogP contribution in [0, 0.1) is 0 Å². The highest BCUT2D eigenvalue weighted by atomic mass is 16.5. The van der Waals surface area contributed by atoms with Crippen molar-refractivity contribution in [3.8, 4) is 0 Å². The second-order valence-corrected chi connectivity index (χ2v) is 4.46. The number of carbonyl (C=O) groups excluding carboxylic acids is 1. The number of rotatable bonds is 5. The van der Waals surface area contributed by atoms with Crippen LogP contribution in [-0.4, -0.2) is 37.3 Å². The van der Waals surface area contributed by atoms with Crippen molar-refractivity contribution >= 4 is 5.97 Å². The Hall–Kier alpha value is -1.39. The van der Waals surface area contributed by atoms with E-state index in [2.05, 4.69) is 0 Å². The van der Waals surface area contributed by atoms with Crippen molar-refractivity contribution in [3.63, 3.8) is 0 Å². The van der Waals surface area contributed by atoms with E-state index in [0.29, 0.717) is 13.3 Å². The fourth-order valence-electron chi connectivity index (χ4n) is 2.24. The van der Waals surface area contributed by atoms with E-state index in [4.69, 9.17) is 9.47 Å². The Morgan fingerprint density at radius 2 is 2.17 bits per heavy atom. The van der Waals surface area contributed by atoms with Crippen molar-refractivity contribution in [1.82, 2.24) is 4.90 Å². The molecule has 1 atom stereocenters. The third-order valence-corrected chi connectivity index (χ3v) is 3.21. The number of esters is 1. The summed E-state index contributed by atoms with van der Waals surface area (Å²) >= 11 is 0. The average Bonchev–Trinajstić information content (AvgIpc) is 2.87. The van der Waals surface area contributed by atoms with Gasteiger partial charge in [-0.2, -0.15) is 0 Å². The molecular formula is C14H19NO3. The van der Waals surface area contributed by atoms with Crippen LogP contribution in [0.1, 0.15) is 18.4 Å². The molecule has 1 aromatic rings. The molecule has 98 valence electrons. The van der Waals surface area contributed by atoms with Gasteiger partial charge in [0.2, 0.25) is 0 Å². The van der Waals surface area contributed by atoms with Crippen LogP contribution in [0.15, 0.2) is 30.3 Å². The summed E-state index contributed by atoms with van der Waals surface area (Å²) in [5, 5.41) is 0. The van der Waals surface area contributed by atoms with Gasteiger partial charge >= 0.3 is 5.97 Å². The van der Waals surface area contributed by atoms with Gasteiger partial charge in [0.15, 0.2) is 0 Å². The van der Waals surface area contributed by atoms with Crippen LogP contribution in [0.5, 0.6) is 0 Å². The quantitative estimate of drug-likeness (QED) is 0.746. The summed E-state index contributed by atoms with van der Waals surface area (Å²) in [5.41, 5.74) is 1.14. The molecule has 1 aliphatic rings. The van der Waals surface area contributed by atoms with Crippen LogP contribution in [0.2, 0.25) is 0 Å². The number of likely N-dealkylation sites (tertiary alicyclic amines) is 1. The van der Waals surface area contributed by atoms with E-state index in [9.17, 15) is 4.79 Å². The van der Waals surface area contributed by atoms with E-state index in [1.807, 2.05) is 35.2 Å². The van der Waals surface area contributed by atoms with Crippen molar-refractivity contribution in [3.05, 3.63) is 35.9 Å². The van der Waals surface area contributed by atoms with Gasteiger partial charge in [-0.25, -0.2) is 0 Å².